The molecule has 0 fully saturated rings. The van der Waals surface area contributed by atoms with Crippen LogP contribution in [-0.4, -0.2) is 41.3 Å². The third-order valence-electron chi connectivity index (χ3n) is 7.28. The van der Waals surface area contributed by atoms with Crippen molar-refractivity contribution in [3.05, 3.63) is 65.1 Å². The Bertz CT molecular complexity index is 1550. The zero-order chi connectivity index (χ0) is 31.6. The van der Waals surface area contributed by atoms with Crippen LogP contribution < -0.4 is 32.6 Å². The number of hydrazine groups is 1. The van der Waals surface area contributed by atoms with E-state index in [1.807, 2.05) is 0 Å². The number of ether oxygens (including phenoxy) is 1. The Labute approximate surface area is 260 Å². The van der Waals surface area contributed by atoms with Gasteiger partial charge in [-0.15, -0.1) is 0 Å². The molecule has 1 aliphatic heterocycles. The normalized spacial score (nSPS) is 17.1. The highest BCUT2D eigenvalue weighted by Crippen LogP contribution is 2.33. The van der Waals surface area contributed by atoms with Gasteiger partial charge in [-0.1, -0.05) is 31.4 Å². The number of benzene rings is 2. The summed E-state index contributed by atoms with van der Waals surface area (Å²) in [5.74, 6) is 11.5. The molecule has 1 aliphatic rings. The third kappa shape index (κ3) is 8.36. The molecule has 0 spiro atoms. The largest absolute Gasteiger partial charge is 0.453 e. The second-order valence-electron chi connectivity index (χ2n) is 10.3. The van der Waals surface area contributed by atoms with Gasteiger partial charge in [0.05, 0.1) is 30.2 Å². The minimum atomic E-state index is -0.627. The fourth-order valence-electron chi connectivity index (χ4n) is 4.99. The Kier molecular flexibility index (Phi) is 10.9. The molecule has 3 amide bonds. The molecule has 1 aromatic heterocycles. The molecular weight excluding hydrogens is 586 g/mol. The van der Waals surface area contributed by atoms with E-state index in [1.54, 1.807) is 48.7 Å². The van der Waals surface area contributed by atoms with Gasteiger partial charge < -0.3 is 26.2 Å². The first kappa shape index (κ1) is 32.0. The first-order chi connectivity index (χ1) is 21.2. The average molecular weight is 622 g/mol. The molecule has 44 heavy (non-hydrogen) atoms. The van der Waals surface area contributed by atoms with Crippen molar-refractivity contribution in [3.8, 4) is 11.3 Å². The first-order valence-electron chi connectivity index (χ1n) is 14.1. The van der Waals surface area contributed by atoms with Crippen LogP contribution in [-0.2, 0) is 14.3 Å². The van der Waals surface area contributed by atoms with Gasteiger partial charge in [0.1, 0.15) is 12.2 Å². The van der Waals surface area contributed by atoms with E-state index in [4.69, 9.17) is 33.0 Å². The van der Waals surface area contributed by atoms with Crippen LogP contribution >= 0.6 is 11.6 Å². The summed E-state index contributed by atoms with van der Waals surface area (Å²) in [4.78, 5) is 46.0. The summed E-state index contributed by atoms with van der Waals surface area (Å²) in [6.45, 7) is 2.05. The lowest BCUT2D eigenvalue weighted by atomic mass is 9.94. The molecule has 13 nitrogen and oxygen atoms in total. The number of nitrogens with two attached hydrogens (primary N) is 2. The number of hydrogen-bond acceptors (Lipinski definition) is 8. The summed E-state index contributed by atoms with van der Waals surface area (Å²) in [5.41, 5.74) is 3.29. The van der Waals surface area contributed by atoms with Crippen molar-refractivity contribution in [2.75, 3.05) is 22.8 Å². The van der Waals surface area contributed by atoms with Crippen molar-refractivity contribution < 1.29 is 19.1 Å². The standard InChI is InChI=1S/C30H36ClN9O4/c1-3-18-5-4-6-23(37-27(41)12-7-19-14-20(31)8-11-26(19)40(33)17-35-32)29-34-16-25(39-29)22-10-9-21(36-30(43)44-2)15-24(22)38-28(42)13-18/h7-12,14-18,23H,3-6,13,32-33H2,1-2H3,(H,34,39)(H,36,43)(H,37,41)(H,38,42)/b12-7+,35-17-/t18?,23-/m0/s1. The molecule has 0 saturated heterocycles. The Hall–Kier alpha value is -4.88. The number of aromatic amines is 1. The second kappa shape index (κ2) is 15.0. The van der Waals surface area contributed by atoms with Crippen molar-refractivity contribution in [1.29, 1.82) is 0 Å². The Morgan fingerprint density at radius 3 is 2.82 bits per heavy atom. The van der Waals surface area contributed by atoms with Crippen molar-refractivity contribution in [1.82, 2.24) is 15.3 Å². The number of imidazole rings is 1. The molecule has 4 rings (SSSR count). The molecule has 3 aromatic rings. The quantitative estimate of drug-likeness (QED) is 0.0705. The monoisotopic (exact) mass is 621 g/mol. The number of nitrogens with zero attached hydrogens (tertiary/aromatic N) is 3. The zero-order valence-corrected chi connectivity index (χ0v) is 25.2. The number of rotatable bonds is 7. The highest BCUT2D eigenvalue weighted by Gasteiger charge is 2.22. The van der Waals surface area contributed by atoms with Gasteiger partial charge in [-0.2, -0.15) is 5.10 Å². The summed E-state index contributed by atoms with van der Waals surface area (Å²) in [5, 5.41) is 13.8. The van der Waals surface area contributed by atoms with Gasteiger partial charge in [0.2, 0.25) is 11.8 Å². The number of anilines is 3. The number of hydrogen-bond donors (Lipinski definition) is 6. The maximum atomic E-state index is 13.2. The number of methoxy groups -OCH3 is 1. The minimum Gasteiger partial charge on any atom is -0.453 e. The van der Waals surface area contributed by atoms with E-state index in [0.717, 1.165) is 19.3 Å². The van der Waals surface area contributed by atoms with Gasteiger partial charge in [0, 0.05) is 40.5 Å². The Balaban J connectivity index is 1.62. The lowest BCUT2D eigenvalue weighted by Gasteiger charge is -2.19. The molecular formula is C30H36ClN9O4. The maximum Gasteiger partial charge on any atom is 0.411 e. The molecule has 232 valence electrons. The van der Waals surface area contributed by atoms with E-state index >= 15 is 0 Å². The number of carbonyl (C=O) groups is 3. The van der Waals surface area contributed by atoms with E-state index in [0.29, 0.717) is 57.6 Å². The molecule has 2 heterocycles. The van der Waals surface area contributed by atoms with Gasteiger partial charge in [-0.25, -0.2) is 15.6 Å². The SMILES string of the molecule is CCC1CCC[C@H](NC(=O)/C=C/c2cc(Cl)ccc2N(N)/C=N\N)c2nc(c[nH]2)-c2ccc(NC(=O)OC)cc2NC(=O)C1. The van der Waals surface area contributed by atoms with Crippen LogP contribution in [0.5, 0.6) is 0 Å². The van der Waals surface area contributed by atoms with E-state index in [2.05, 4.69) is 33.0 Å². The predicted octanol–water partition coefficient (Wildman–Crippen LogP) is 4.90. The highest BCUT2D eigenvalue weighted by molar-refractivity contribution is 6.30. The van der Waals surface area contributed by atoms with Crippen molar-refractivity contribution in [3.63, 3.8) is 0 Å². The Morgan fingerprint density at radius 1 is 1.25 bits per heavy atom. The summed E-state index contributed by atoms with van der Waals surface area (Å²) in [6.07, 6.45) is 8.65. The molecule has 2 aromatic carbocycles. The predicted molar refractivity (Wildman–Crippen MR) is 172 cm³/mol. The summed E-state index contributed by atoms with van der Waals surface area (Å²) < 4.78 is 4.70. The van der Waals surface area contributed by atoms with Gasteiger partial charge >= 0.3 is 6.09 Å². The van der Waals surface area contributed by atoms with Crippen LogP contribution in [0.25, 0.3) is 17.3 Å². The second-order valence-corrected chi connectivity index (χ2v) is 10.7. The van der Waals surface area contributed by atoms with E-state index in [9.17, 15) is 14.4 Å². The molecule has 0 saturated carbocycles. The number of amides is 3. The van der Waals surface area contributed by atoms with Crippen LogP contribution in [0.1, 0.15) is 56.5 Å². The number of nitrogens with one attached hydrogen (secondary N) is 4. The number of hydrazone groups is 1. The average Bonchev–Trinajstić information content (AvgIpc) is 3.49. The number of carbonyl (C=O) groups excluding carboxylic acids is 3. The zero-order valence-electron chi connectivity index (χ0n) is 24.5. The third-order valence-corrected chi connectivity index (χ3v) is 7.51. The molecule has 2 atom stereocenters. The number of halogens is 1. The molecule has 0 aliphatic carbocycles. The lowest BCUT2D eigenvalue weighted by molar-refractivity contribution is -0.117. The smallest absolute Gasteiger partial charge is 0.411 e. The molecule has 0 radical (unpaired) electrons. The van der Waals surface area contributed by atoms with Gasteiger partial charge in [0.25, 0.3) is 0 Å². The van der Waals surface area contributed by atoms with E-state index < -0.39 is 12.1 Å². The summed E-state index contributed by atoms with van der Waals surface area (Å²) >= 11 is 6.19. The number of aromatic nitrogens is 2. The molecule has 2 bridgehead atoms. The maximum absolute atomic E-state index is 13.2. The van der Waals surface area contributed by atoms with Gasteiger partial charge in [-0.05, 0) is 61.2 Å². The molecule has 14 heteroatoms. The fourth-order valence-corrected chi connectivity index (χ4v) is 5.17. The van der Waals surface area contributed by atoms with E-state index in [1.165, 1.54) is 24.5 Å². The van der Waals surface area contributed by atoms with Gasteiger partial charge in [0.15, 0.2) is 0 Å². The Morgan fingerprint density at radius 2 is 2.07 bits per heavy atom. The van der Waals surface area contributed by atoms with Crippen LogP contribution in [0, 0.1) is 5.92 Å². The van der Waals surface area contributed by atoms with Crippen molar-refractivity contribution in [2.24, 2.45) is 22.7 Å². The number of fused-ring (bicyclic) bond motifs is 4. The van der Waals surface area contributed by atoms with Crippen LogP contribution in [0.3, 0.4) is 0 Å². The summed E-state index contributed by atoms with van der Waals surface area (Å²) in [7, 11) is 1.27. The van der Waals surface area contributed by atoms with E-state index in [-0.39, 0.29) is 17.7 Å². The first-order valence-corrected chi connectivity index (χ1v) is 14.5. The highest BCUT2D eigenvalue weighted by atomic mass is 35.5. The van der Waals surface area contributed by atoms with Crippen LogP contribution in [0.15, 0.2) is 53.8 Å². The van der Waals surface area contributed by atoms with Crippen molar-refractivity contribution >= 4 is 59.0 Å². The molecule has 8 N–H and O–H groups in total. The summed E-state index contributed by atoms with van der Waals surface area (Å²) in [6, 6.07) is 9.72. The lowest BCUT2D eigenvalue weighted by Crippen LogP contribution is -2.30. The number of H-pyrrole nitrogens is 1. The van der Waals surface area contributed by atoms with Crippen molar-refractivity contribution in [2.45, 2.75) is 45.1 Å². The fraction of sp³-hybridized carbons (Fsp3) is 0.300. The minimum absolute atomic E-state index is 0.132. The molecule has 1 unspecified atom stereocenters. The van der Waals surface area contributed by atoms with Crippen LogP contribution in [0.2, 0.25) is 5.02 Å². The topological polar surface area (TPSA) is 193 Å². The van der Waals surface area contributed by atoms with Gasteiger partial charge in [-0.3, -0.25) is 19.9 Å². The van der Waals surface area contributed by atoms with Crippen LogP contribution in [0.4, 0.5) is 21.9 Å².